The van der Waals surface area contributed by atoms with Gasteiger partial charge in [-0.05, 0) is 42.5 Å². The summed E-state index contributed by atoms with van der Waals surface area (Å²) in [5, 5.41) is 5.06. The van der Waals surface area contributed by atoms with Gasteiger partial charge in [-0.3, -0.25) is 0 Å². The zero-order valence-corrected chi connectivity index (χ0v) is 11.7. The monoisotopic (exact) mass is 305 g/mol. The van der Waals surface area contributed by atoms with Crippen LogP contribution in [0, 0.1) is 0 Å². The van der Waals surface area contributed by atoms with Gasteiger partial charge in [0.05, 0.1) is 5.02 Å². The van der Waals surface area contributed by atoms with Crippen LogP contribution in [0.1, 0.15) is 0 Å². The fourth-order valence-electron chi connectivity index (χ4n) is 1.76. The first-order valence-electron chi connectivity index (χ1n) is 5.78. The number of nitrogen functional groups attached to an aromatic ring is 1. The highest BCUT2D eigenvalue weighted by Gasteiger charge is 2.13. The molecule has 0 amide bonds. The van der Waals surface area contributed by atoms with Crippen LogP contribution in [-0.2, 0) is 0 Å². The Morgan fingerprint density at radius 2 is 1.75 bits per heavy atom. The fourth-order valence-corrected chi connectivity index (χ4v) is 2.15. The molecule has 1 heterocycles. The van der Waals surface area contributed by atoms with Gasteiger partial charge in [-0.15, -0.1) is 0 Å². The first kappa shape index (κ1) is 13.0. The van der Waals surface area contributed by atoms with E-state index in [-0.39, 0.29) is 0 Å². The van der Waals surface area contributed by atoms with Gasteiger partial charge in [0.25, 0.3) is 5.89 Å². The number of nitrogens with zero attached hydrogens (tertiary/aromatic N) is 2. The Bertz CT molecular complexity index is 753. The van der Waals surface area contributed by atoms with Crippen molar-refractivity contribution in [3.63, 3.8) is 0 Å². The molecule has 0 saturated heterocycles. The van der Waals surface area contributed by atoms with Crippen molar-refractivity contribution in [2.24, 2.45) is 0 Å². The lowest BCUT2D eigenvalue weighted by Gasteiger charge is -1.99. The van der Waals surface area contributed by atoms with Gasteiger partial charge in [0.2, 0.25) is 5.82 Å². The lowest BCUT2D eigenvalue weighted by Crippen LogP contribution is -1.87. The summed E-state index contributed by atoms with van der Waals surface area (Å²) in [5.41, 5.74) is 7.70. The predicted molar refractivity (Wildman–Crippen MR) is 79.6 cm³/mol. The van der Waals surface area contributed by atoms with E-state index in [1.54, 1.807) is 30.3 Å². The van der Waals surface area contributed by atoms with E-state index in [1.807, 2.05) is 12.1 Å². The second kappa shape index (κ2) is 5.15. The second-order valence-corrected chi connectivity index (χ2v) is 5.01. The average Bonchev–Trinajstić information content (AvgIpc) is 2.89. The van der Waals surface area contributed by atoms with Crippen molar-refractivity contribution in [2.45, 2.75) is 0 Å². The van der Waals surface area contributed by atoms with Crippen LogP contribution in [-0.4, -0.2) is 10.1 Å². The summed E-state index contributed by atoms with van der Waals surface area (Å²) in [7, 11) is 0. The zero-order chi connectivity index (χ0) is 14.1. The van der Waals surface area contributed by atoms with Gasteiger partial charge in [-0.2, -0.15) is 4.98 Å². The number of rotatable bonds is 2. The van der Waals surface area contributed by atoms with E-state index in [0.29, 0.717) is 33.0 Å². The molecule has 0 aliphatic heterocycles. The number of hydrogen-bond donors (Lipinski definition) is 1. The van der Waals surface area contributed by atoms with Crippen molar-refractivity contribution in [1.82, 2.24) is 10.1 Å². The molecule has 2 N–H and O–H groups in total. The van der Waals surface area contributed by atoms with Crippen molar-refractivity contribution < 1.29 is 4.52 Å². The van der Waals surface area contributed by atoms with Gasteiger partial charge in [0.15, 0.2) is 0 Å². The van der Waals surface area contributed by atoms with Gasteiger partial charge in [0, 0.05) is 21.8 Å². The molecule has 6 heteroatoms. The van der Waals surface area contributed by atoms with E-state index < -0.39 is 0 Å². The Morgan fingerprint density at radius 3 is 2.45 bits per heavy atom. The standard InChI is InChI=1S/C14H9Cl2N3O/c15-9-3-1-8(2-4-9)14-18-13(19-20-14)11-6-5-10(17)7-12(11)16/h1-7H,17H2. The summed E-state index contributed by atoms with van der Waals surface area (Å²) in [6.07, 6.45) is 0. The third kappa shape index (κ3) is 2.48. The average molecular weight is 306 g/mol. The Morgan fingerprint density at radius 1 is 1.00 bits per heavy atom. The van der Waals surface area contributed by atoms with Gasteiger partial charge >= 0.3 is 0 Å². The van der Waals surface area contributed by atoms with E-state index in [9.17, 15) is 0 Å². The lowest BCUT2D eigenvalue weighted by atomic mass is 10.2. The molecule has 0 atom stereocenters. The fraction of sp³-hybridized carbons (Fsp3) is 0. The van der Waals surface area contributed by atoms with Crippen LogP contribution in [0.15, 0.2) is 47.0 Å². The molecule has 2 aromatic carbocycles. The predicted octanol–water partition coefficient (Wildman–Crippen LogP) is 4.29. The molecular weight excluding hydrogens is 297 g/mol. The second-order valence-electron chi connectivity index (χ2n) is 4.17. The summed E-state index contributed by atoms with van der Waals surface area (Å²) >= 11 is 12.0. The Balaban J connectivity index is 1.99. The topological polar surface area (TPSA) is 64.9 Å². The molecule has 1 aromatic heterocycles. The van der Waals surface area contributed by atoms with Crippen LogP contribution in [0.25, 0.3) is 22.8 Å². The van der Waals surface area contributed by atoms with E-state index in [2.05, 4.69) is 10.1 Å². The summed E-state index contributed by atoms with van der Waals surface area (Å²) in [5.74, 6) is 0.824. The normalized spacial score (nSPS) is 10.7. The smallest absolute Gasteiger partial charge is 0.258 e. The summed E-state index contributed by atoms with van der Waals surface area (Å²) in [4.78, 5) is 4.32. The number of halogens is 2. The first-order valence-corrected chi connectivity index (χ1v) is 6.54. The third-order valence-electron chi connectivity index (χ3n) is 2.75. The van der Waals surface area contributed by atoms with Crippen LogP contribution in [0.4, 0.5) is 5.69 Å². The zero-order valence-electron chi connectivity index (χ0n) is 10.2. The molecule has 0 radical (unpaired) electrons. The van der Waals surface area contributed by atoms with Crippen LogP contribution in [0.2, 0.25) is 10.0 Å². The first-order chi connectivity index (χ1) is 9.63. The molecule has 0 spiro atoms. The molecule has 20 heavy (non-hydrogen) atoms. The maximum absolute atomic E-state index is 6.12. The molecular formula is C14H9Cl2N3O. The maximum Gasteiger partial charge on any atom is 0.258 e. The molecule has 0 unspecified atom stereocenters. The highest BCUT2D eigenvalue weighted by molar-refractivity contribution is 6.33. The number of benzene rings is 2. The highest BCUT2D eigenvalue weighted by atomic mass is 35.5. The number of hydrogen-bond acceptors (Lipinski definition) is 4. The van der Waals surface area contributed by atoms with Crippen molar-refractivity contribution in [3.8, 4) is 22.8 Å². The Kier molecular flexibility index (Phi) is 3.34. The quantitative estimate of drug-likeness (QED) is 0.717. The molecule has 0 bridgehead atoms. The molecule has 3 rings (SSSR count). The van der Waals surface area contributed by atoms with E-state index in [1.165, 1.54) is 0 Å². The van der Waals surface area contributed by atoms with Gasteiger partial charge < -0.3 is 10.3 Å². The van der Waals surface area contributed by atoms with Crippen molar-refractivity contribution >= 4 is 28.9 Å². The summed E-state index contributed by atoms with van der Waals surface area (Å²) < 4.78 is 5.24. The summed E-state index contributed by atoms with van der Waals surface area (Å²) in [6.45, 7) is 0. The van der Waals surface area contributed by atoms with Crippen molar-refractivity contribution in [3.05, 3.63) is 52.5 Å². The van der Waals surface area contributed by atoms with E-state index in [4.69, 9.17) is 33.5 Å². The number of nitrogens with two attached hydrogens (primary N) is 1. The molecule has 3 aromatic rings. The SMILES string of the molecule is Nc1ccc(-c2noc(-c3ccc(Cl)cc3)n2)c(Cl)c1. The minimum absolute atomic E-state index is 0.407. The molecule has 0 aliphatic rings. The lowest BCUT2D eigenvalue weighted by molar-refractivity contribution is 0.432. The van der Waals surface area contributed by atoms with Gasteiger partial charge in [0.1, 0.15) is 0 Å². The maximum atomic E-state index is 6.12. The van der Waals surface area contributed by atoms with Gasteiger partial charge in [-0.1, -0.05) is 28.4 Å². The van der Waals surface area contributed by atoms with E-state index >= 15 is 0 Å². The van der Waals surface area contributed by atoms with Crippen molar-refractivity contribution in [2.75, 3.05) is 5.73 Å². The van der Waals surface area contributed by atoms with Crippen molar-refractivity contribution in [1.29, 1.82) is 0 Å². The Labute approximate surface area is 125 Å². The van der Waals surface area contributed by atoms with Crippen LogP contribution in [0.3, 0.4) is 0 Å². The highest BCUT2D eigenvalue weighted by Crippen LogP contribution is 2.29. The van der Waals surface area contributed by atoms with Crippen LogP contribution < -0.4 is 5.73 Å². The third-order valence-corrected chi connectivity index (χ3v) is 3.32. The minimum atomic E-state index is 0.407. The minimum Gasteiger partial charge on any atom is -0.399 e. The summed E-state index contributed by atoms with van der Waals surface area (Å²) in [6, 6.07) is 12.3. The van der Waals surface area contributed by atoms with E-state index in [0.717, 1.165) is 5.56 Å². The van der Waals surface area contributed by atoms with Crippen LogP contribution in [0.5, 0.6) is 0 Å². The molecule has 0 saturated carbocycles. The van der Waals surface area contributed by atoms with Crippen LogP contribution >= 0.6 is 23.2 Å². The molecule has 0 aliphatic carbocycles. The number of anilines is 1. The van der Waals surface area contributed by atoms with Gasteiger partial charge in [-0.25, -0.2) is 0 Å². The molecule has 100 valence electrons. The number of aromatic nitrogens is 2. The molecule has 4 nitrogen and oxygen atoms in total. The molecule has 0 fully saturated rings. The Hall–Kier alpha value is -2.04. The largest absolute Gasteiger partial charge is 0.399 e.